The van der Waals surface area contributed by atoms with Crippen molar-refractivity contribution in [1.82, 2.24) is 4.90 Å². The zero-order valence-electron chi connectivity index (χ0n) is 6.78. The van der Waals surface area contributed by atoms with Crippen molar-refractivity contribution in [2.75, 3.05) is 12.8 Å². The van der Waals surface area contributed by atoms with Crippen LogP contribution in [0.15, 0.2) is 0 Å². The van der Waals surface area contributed by atoms with Gasteiger partial charge in [-0.3, -0.25) is 0 Å². The van der Waals surface area contributed by atoms with Gasteiger partial charge in [-0.25, -0.2) is 4.79 Å². The summed E-state index contributed by atoms with van der Waals surface area (Å²) in [5, 5.41) is 9.21. The first kappa shape index (κ1) is 8.71. The normalized spacial score (nSPS) is 30.9. The molecule has 1 saturated heterocycles. The Kier molecular flexibility index (Phi) is 2.65. The summed E-state index contributed by atoms with van der Waals surface area (Å²) in [5.41, 5.74) is 0. The first-order valence-electron chi connectivity index (χ1n) is 3.67. The van der Waals surface area contributed by atoms with E-state index >= 15 is 0 Å². The lowest BCUT2D eigenvalue weighted by Gasteiger charge is -2.16. The molecule has 0 aromatic rings. The second-order valence-corrected chi connectivity index (χ2v) is 4.02. The summed E-state index contributed by atoms with van der Waals surface area (Å²) >= 11 is 1.75. The third-order valence-electron chi connectivity index (χ3n) is 2.12. The number of hydrogen-bond acceptors (Lipinski definition) is 2. The van der Waals surface area contributed by atoms with Gasteiger partial charge in [-0.05, 0) is 19.6 Å². The van der Waals surface area contributed by atoms with Crippen molar-refractivity contribution < 1.29 is 9.90 Å². The molecule has 0 saturated carbocycles. The number of thioether (sulfide) groups is 1. The van der Waals surface area contributed by atoms with Gasteiger partial charge in [0.05, 0.1) is 0 Å². The van der Waals surface area contributed by atoms with Gasteiger partial charge in [0.1, 0.15) is 0 Å². The Labute approximate surface area is 70.8 Å². The minimum absolute atomic E-state index is 0.199. The molecule has 0 spiro atoms. The van der Waals surface area contributed by atoms with E-state index in [9.17, 15) is 4.79 Å². The second-order valence-electron chi connectivity index (χ2n) is 2.88. The van der Waals surface area contributed by atoms with Gasteiger partial charge in [0.15, 0.2) is 0 Å². The van der Waals surface area contributed by atoms with Crippen LogP contribution in [0, 0.1) is 0 Å². The molecule has 1 aliphatic rings. The van der Waals surface area contributed by atoms with Gasteiger partial charge in [0, 0.05) is 17.8 Å². The topological polar surface area (TPSA) is 40.5 Å². The quantitative estimate of drug-likeness (QED) is 0.656. The molecule has 0 unspecified atom stereocenters. The number of amides is 1. The molecule has 1 heterocycles. The van der Waals surface area contributed by atoms with Gasteiger partial charge < -0.3 is 10.0 Å². The Balaban J connectivity index is 2.51. The Morgan fingerprint density at radius 2 is 2.36 bits per heavy atom. The lowest BCUT2D eigenvalue weighted by molar-refractivity contribution is 0.143. The van der Waals surface area contributed by atoms with E-state index in [1.165, 1.54) is 4.90 Å². The Morgan fingerprint density at radius 3 is 2.64 bits per heavy atom. The van der Waals surface area contributed by atoms with Gasteiger partial charge in [-0.1, -0.05) is 0 Å². The fourth-order valence-corrected chi connectivity index (χ4v) is 2.20. The van der Waals surface area contributed by atoms with E-state index in [-0.39, 0.29) is 6.04 Å². The van der Waals surface area contributed by atoms with Crippen LogP contribution in [-0.2, 0) is 0 Å². The van der Waals surface area contributed by atoms with Crippen LogP contribution >= 0.6 is 11.8 Å². The average Bonchev–Trinajstić information content (AvgIpc) is 2.30. The highest BCUT2D eigenvalue weighted by molar-refractivity contribution is 7.99. The highest BCUT2D eigenvalue weighted by Gasteiger charge is 2.31. The molecule has 11 heavy (non-hydrogen) atoms. The minimum atomic E-state index is -0.783. The van der Waals surface area contributed by atoms with Crippen molar-refractivity contribution in [3.8, 4) is 0 Å². The molecule has 1 fully saturated rings. The maximum Gasteiger partial charge on any atom is 0.407 e. The third kappa shape index (κ3) is 1.80. The molecule has 64 valence electrons. The molecule has 1 N–H and O–H groups in total. The van der Waals surface area contributed by atoms with Crippen molar-refractivity contribution in [2.24, 2.45) is 0 Å². The summed E-state index contributed by atoms with van der Waals surface area (Å²) in [6.45, 7) is 2.65. The van der Waals surface area contributed by atoms with Crippen LogP contribution in [-0.4, -0.2) is 40.2 Å². The largest absolute Gasteiger partial charge is 0.465 e. The van der Waals surface area contributed by atoms with E-state index in [4.69, 9.17) is 5.11 Å². The number of hydrogen-bond donors (Lipinski definition) is 1. The number of carboxylic acid groups (broad SMARTS) is 1. The van der Waals surface area contributed by atoms with Gasteiger partial charge >= 0.3 is 6.09 Å². The number of likely N-dealkylation sites (tertiary alicyclic amines) is 1. The Morgan fingerprint density at radius 1 is 1.73 bits per heavy atom. The maximum atomic E-state index is 10.6. The lowest BCUT2D eigenvalue weighted by Crippen LogP contribution is -2.32. The average molecular weight is 175 g/mol. The molecule has 0 aromatic carbocycles. The fourth-order valence-electron chi connectivity index (χ4n) is 1.42. The number of carbonyl (C=O) groups is 1. The van der Waals surface area contributed by atoms with Gasteiger partial charge in [-0.15, -0.1) is 0 Å². The third-order valence-corrected chi connectivity index (χ3v) is 3.12. The second kappa shape index (κ2) is 3.34. The predicted molar refractivity (Wildman–Crippen MR) is 46.1 cm³/mol. The van der Waals surface area contributed by atoms with E-state index < -0.39 is 6.09 Å². The first-order chi connectivity index (χ1) is 5.15. The maximum absolute atomic E-state index is 10.6. The van der Waals surface area contributed by atoms with Crippen LogP contribution in [0.1, 0.15) is 13.3 Å². The molecular weight excluding hydrogens is 162 g/mol. The van der Waals surface area contributed by atoms with Crippen molar-refractivity contribution in [3.63, 3.8) is 0 Å². The molecule has 1 aliphatic heterocycles. The van der Waals surface area contributed by atoms with Gasteiger partial charge in [0.2, 0.25) is 0 Å². The van der Waals surface area contributed by atoms with Crippen molar-refractivity contribution >= 4 is 17.9 Å². The molecule has 0 aliphatic carbocycles. The van der Waals surface area contributed by atoms with E-state index in [0.29, 0.717) is 11.8 Å². The summed E-state index contributed by atoms with van der Waals surface area (Å²) in [6, 6.07) is 0.199. The zero-order valence-corrected chi connectivity index (χ0v) is 7.60. The molecule has 0 bridgehead atoms. The standard InChI is InChI=1S/C7H13NO2S/c1-5-3-6(11-2)4-8(5)7(9)10/h5-6H,3-4H2,1-2H3,(H,9,10)/t5-,6-/m1/s1. The predicted octanol–water partition coefficient (Wildman–Crippen LogP) is 1.49. The van der Waals surface area contributed by atoms with Crippen LogP contribution in [0.5, 0.6) is 0 Å². The smallest absolute Gasteiger partial charge is 0.407 e. The molecular formula is C7H13NO2S. The summed E-state index contributed by atoms with van der Waals surface area (Å²) < 4.78 is 0. The summed E-state index contributed by atoms with van der Waals surface area (Å²) in [5.74, 6) is 0. The Bertz CT molecular complexity index is 163. The SMILES string of the molecule is CS[C@@H]1C[C@@H](C)N(C(=O)O)C1. The van der Waals surface area contributed by atoms with Crippen LogP contribution < -0.4 is 0 Å². The van der Waals surface area contributed by atoms with Crippen LogP contribution in [0.2, 0.25) is 0 Å². The fraction of sp³-hybridized carbons (Fsp3) is 0.857. The molecule has 1 amide bonds. The van der Waals surface area contributed by atoms with Crippen molar-refractivity contribution in [3.05, 3.63) is 0 Å². The first-order valence-corrected chi connectivity index (χ1v) is 4.96. The Hall–Kier alpha value is -0.380. The van der Waals surface area contributed by atoms with Crippen LogP contribution in [0.4, 0.5) is 4.79 Å². The molecule has 0 aromatic heterocycles. The molecule has 2 atom stereocenters. The van der Waals surface area contributed by atoms with Crippen LogP contribution in [0.25, 0.3) is 0 Å². The van der Waals surface area contributed by atoms with Gasteiger partial charge in [-0.2, -0.15) is 11.8 Å². The monoisotopic (exact) mass is 175 g/mol. The minimum Gasteiger partial charge on any atom is -0.465 e. The van der Waals surface area contributed by atoms with Crippen molar-refractivity contribution in [2.45, 2.75) is 24.6 Å². The van der Waals surface area contributed by atoms with E-state index in [0.717, 1.165) is 6.42 Å². The number of nitrogens with zero attached hydrogens (tertiary/aromatic N) is 1. The zero-order chi connectivity index (χ0) is 8.43. The highest BCUT2D eigenvalue weighted by Crippen LogP contribution is 2.25. The highest BCUT2D eigenvalue weighted by atomic mass is 32.2. The van der Waals surface area contributed by atoms with E-state index in [1.54, 1.807) is 11.8 Å². The number of rotatable bonds is 1. The van der Waals surface area contributed by atoms with E-state index in [2.05, 4.69) is 0 Å². The lowest BCUT2D eigenvalue weighted by atomic mass is 10.2. The van der Waals surface area contributed by atoms with Crippen LogP contribution in [0.3, 0.4) is 0 Å². The summed E-state index contributed by atoms with van der Waals surface area (Å²) in [4.78, 5) is 12.1. The molecule has 1 rings (SSSR count). The molecule has 3 nitrogen and oxygen atoms in total. The van der Waals surface area contributed by atoms with E-state index in [1.807, 2.05) is 13.2 Å². The molecule has 0 radical (unpaired) electrons. The summed E-state index contributed by atoms with van der Waals surface area (Å²) in [7, 11) is 0. The summed E-state index contributed by atoms with van der Waals surface area (Å²) in [6.07, 6.45) is 2.24. The molecule has 4 heteroatoms. The van der Waals surface area contributed by atoms with Gasteiger partial charge in [0.25, 0.3) is 0 Å². The van der Waals surface area contributed by atoms with Crippen molar-refractivity contribution in [1.29, 1.82) is 0 Å².